The van der Waals surface area contributed by atoms with Crippen LogP contribution in [0.2, 0.25) is 0 Å². The van der Waals surface area contributed by atoms with Crippen LogP contribution in [-0.4, -0.2) is 12.5 Å². The van der Waals surface area contributed by atoms with Gasteiger partial charge in [0.25, 0.3) is 0 Å². The summed E-state index contributed by atoms with van der Waals surface area (Å²) in [6.07, 6.45) is 0. The topological polar surface area (TPSA) is 53.7 Å². The van der Waals surface area contributed by atoms with Crippen LogP contribution in [0, 0.1) is 0 Å². The van der Waals surface area contributed by atoms with Crippen molar-refractivity contribution < 1.29 is 14.2 Å². The fourth-order valence-corrected chi connectivity index (χ4v) is 3.04. The molecule has 3 rings (SSSR count). The van der Waals surface area contributed by atoms with Crippen molar-refractivity contribution in [1.82, 2.24) is 0 Å². The minimum atomic E-state index is 0.259. The molecule has 21 heavy (non-hydrogen) atoms. The molecule has 2 aromatic carbocycles. The van der Waals surface area contributed by atoms with Crippen molar-refractivity contribution in [3.63, 3.8) is 0 Å². The number of benzene rings is 2. The van der Waals surface area contributed by atoms with Gasteiger partial charge in [-0.25, -0.2) is 0 Å². The number of rotatable bonds is 5. The normalized spacial score (nSPS) is 12.5. The van der Waals surface area contributed by atoms with Crippen molar-refractivity contribution in [2.45, 2.75) is 18.4 Å². The molecular formula is C16H17NO3S. The highest BCUT2D eigenvalue weighted by atomic mass is 32.2. The Labute approximate surface area is 128 Å². The summed E-state index contributed by atoms with van der Waals surface area (Å²) < 4.78 is 16.6. The van der Waals surface area contributed by atoms with E-state index < -0.39 is 0 Å². The number of nitrogens with two attached hydrogens (primary N) is 1. The molecule has 1 aliphatic rings. The monoisotopic (exact) mass is 303 g/mol. The van der Waals surface area contributed by atoms with Crippen molar-refractivity contribution in [3.05, 3.63) is 42.0 Å². The molecule has 110 valence electrons. The Morgan fingerprint density at radius 1 is 1.19 bits per heavy atom. The molecule has 5 heteroatoms. The van der Waals surface area contributed by atoms with Crippen LogP contribution in [0.1, 0.15) is 12.5 Å². The highest BCUT2D eigenvalue weighted by molar-refractivity contribution is 7.99. The van der Waals surface area contributed by atoms with Crippen LogP contribution in [0.5, 0.6) is 23.0 Å². The zero-order valence-corrected chi connectivity index (χ0v) is 12.6. The first-order chi connectivity index (χ1) is 10.3. The Hall–Kier alpha value is -1.85. The fraction of sp³-hybridized carbons (Fsp3) is 0.250. The Morgan fingerprint density at radius 3 is 2.86 bits per heavy atom. The third-order valence-corrected chi connectivity index (χ3v) is 4.15. The maximum atomic E-state index is 5.98. The second-order valence-corrected chi connectivity index (χ2v) is 5.79. The van der Waals surface area contributed by atoms with E-state index in [0.717, 1.165) is 22.8 Å². The molecular weight excluding hydrogens is 286 g/mol. The molecule has 2 aromatic rings. The molecule has 0 aromatic heterocycles. The van der Waals surface area contributed by atoms with Crippen LogP contribution >= 0.6 is 11.8 Å². The van der Waals surface area contributed by atoms with Gasteiger partial charge in [-0.05, 0) is 30.0 Å². The van der Waals surface area contributed by atoms with Crippen LogP contribution < -0.4 is 19.9 Å². The lowest BCUT2D eigenvalue weighted by molar-refractivity contribution is 0.174. The summed E-state index contributed by atoms with van der Waals surface area (Å²) in [5, 5.41) is 0. The van der Waals surface area contributed by atoms with E-state index in [-0.39, 0.29) is 6.79 Å². The Kier molecular flexibility index (Phi) is 4.22. The van der Waals surface area contributed by atoms with Crippen molar-refractivity contribution in [2.24, 2.45) is 5.73 Å². The van der Waals surface area contributed by atoms with Crippen molar-refractivity contribution in [3.8, 4) is 23.0 Å². The van der Waals surface area contributed by atoms with E-state index in [4.69, 9.17) is 19.9 Å². The molecule has 0 atom stereocenters. The molecule has 0 fully saturated rings. The van der Waals surface area contributed by atoms with Gasteiger partial charge in [0.15, 0.2) is 11.5 Å². The second-order valence-electron chi connectivity index (χ2n) is 4.49. The quantitative estimate of drug-likeness (QED) is 0.852. The van der Waals surface area contributed by atoms with Gasteiger partial charge in [-0.3, -0.25) is 0 Å². The number of thioether (sulfide) groups is 1. The van der Waals surface area contributed by atoms with Gasteiger partial charge in [0, 0.05) is 23.1 Å². The molecule has 0 unspecified atom stereocenters. The summed E-state index contributed by atoms with van der Waals surface area (Å²) in [4.78, 5) is 1.17. The molecule has 2 N–H and O–H groups in total. The molecule has 0 saturated carbocycles. The molecule has 1 heterocycles. The molecule has 0 radical (unpaired) electrons. The van der Waals surface area contributed by atoms with Crippen molar-refractivity contribution in [2.75, 3.05) is 12.5 Å². The largest absolute Gasteiger partial charge is 0.457 e. The average Bonchev–Trinajstić information content (AvgIpc) is 2.95. The van der Waals surface area contributed by atoms with Gasteiger partial charge in [-0.2, -0.15) is 0 Å². The lowest BCUT2D eigenvalue weighted by Crippen LogP contribution is -2.01. The zero-order chi connectivity index (χ0) is 14.7. The smallest absolute Gasteiger partial charge is 0.231 e. The maximum absolute atomic E-state index is 5.98. The molecule has 1 aliphatic heterocycles. The van der Waals surface area contributed by atoms with Crippen LogP contribution in [0.4, 0.5) is 0 Å². The minimum Gasteiger partial charge on any atom is -0.457 e. The number of hydrogen-bond acceptors (Lipinski definition) is 5. The van der Waals surface area contributed by atoms with Gasteiger partial charge in [0.2, 0.25) is 6.79 Å². The number of ether oxygens (including phenoxy) is 3. The highest BCUT2D eigenvalue weighted by Crippen LogP contribution is 2.38. The average molecular weight is 303 g/mol. The summed E-state index contributed by atoms with van der Waals surface area (Å²) in [7, 11) is 0. The third kappa shape index (κ3) is 2.94. The second kappa shape index (κ2) is 6.28. The zero-order valence-electron chi connectivity index (χ0n) is 11.8. The van der Waals surface area contributed by atoms with E-state index in [9.17, 15) is 0 Å². The summed E-state index contributed by atoms with van der Waals surface area (Å²) in [6, 6.07) is 11.6. The summed E-state index contributed by atoms with van der Waals surface area (Å²) >= 11 is 1.77. The van der Waals surface area contributed by atoms with E-state index in [2.05, 4.69) is 13.0 Å². The lowest BCUT2D eigenvalue weighted by Gasteiger charge is -2.13. The first-order valence-electron chi connectivity index (χ1n) is 6.84. The molecule has 0 amide bonds. The van der Waals surface area contributed by atoms with Crippen LogP contribution in [0.25, 0.3) is 0 Å². The van der Waals surface area contributed by atoms with Gasteiger partial charge < -0.3 is 19.9 Å². The maximum Gasteiger partial charge on any atom is 0.231 e. The molecule has 0 bridgehead atoms. The van der Waals surface area contributed by atoms with Crippen molar-refractivity contribution in [1.29, 1.82) is 0 Å². The summed E-state index contributed by atoms with van der Waals surface area (Å²) in [6.45, 7) is 2.83. The first kappa shape index (κ1) is 14.1. The van der Waals surface area contributed by atoms with Crippen LogP contribution in [0.3, 0.4) is 0 Å². The van der Waals surface area contributed by atoms with Gasteiger partial charge in [0.1, 0.15) is 11.5 Å². The van der Waals surface area contributed by atoms with Gasteiger partial charge >= 0.3 is 0 Å². The summed E-state index contributed by atoms with van der Waals surface area (Å²) in [5.74, 6) is 3.96. The predicted molar refractivity (Wildman–Crippen MR) is 83.4 cm³/mol. The SMILES string of the molecule is CCSc1cccc(Oc2ccc3c(c2)OCO3)c1CN. The van der Waals surface area contributed by atoms with E-state index in [0.29, 0.717) is 18.0 Å². The third-order valence-electron chi connectivity index (χ3n) is 3.17. The Morgan fingerprint density at radius 2 is 2.05 bits per heavy atom. The Bertz CT molecular complexity index is 645. The van der Waals surface area contributed by atoms with E-state index >= 15 is 0 Å². The van der Waals surface area contributed by atoms with E-state index in [1.54, 1.807) is 11.8 Å². The Balaban J connectivity index is 1.89. The molecule has 0 saturated heterocycles. The first-order valence-corrected chi connectivity index (χ1v) is 7.82. The number of fused-ring (bicyclic) bond motifs is 1. The van der Waals surface area contributed by atoms with Gasteiger partial charge in [0.05, 0.1) is 0 Å². The molecule has 0 aliphatic carbocycles. The minimum absolute atomic E-state index is 0.259. The van der Waals surface area contributed by atoms with Crippen LogP contribution in [-0.2, 0) is 6.54 Å². The highest BCUT2D eigenvalue weighted by Gasteiger charge is 2.15. The van der Waals surface area contributed by atoms with Gasteiger partial charge in [-0.1, -0.05) is 13.0 Å². The molecule has 0 spiro atoms. The van der Waals surface area contributed by atoms with Crippen LogP contribution in [0.15, 0.2) is 41.3 Å². The lowest BCUT2D eigenvalue weighted by atomic mass is 10.2. The van der Waals surface area contributed by atoms with Gasteiger partial charge in [-0.15, -0.1) is 11.8 Å². The van der Waals surface area contributed by atoms with Crippen molar-refractivity contribution >= 4 is 11.8 Å². The van der Waals surface area contributed by atoms with E-state index in [1.807, 2.05) is 30.3 Å². The fourth-order valence-electron chi connectivity index (χ4n) is 2.20. The van der Waals surface area contributed by atoms with E-state index in [1.165, 1.54) is 4.90 Å². The summed E-state index contributed by atoms with van der Waals surface area (Å²) in [5.41, 5.74) is 6.92. The number of hydrogen-bond donors (Lipinski definition) is 1. The molecule has 4 nitrogen and oxygen atoms in total. The predicted octanol–water partition coefficient (Wildman–Crippen LogP) is 3.78. The standard InChI is InChI=1S/C16H17NO3S/c1-2-21-16-5-3-4-13(12(16)9-17)20-11-6-7-14-15(8-11)19-10-18-14/h3-8H,2,9-10,17H2,1H3.